The van der Waals surface area contributed by atoms with E-state index in [-0.39, 0.29) is 30.7 Å². The highest BCUT2D eigenvalue weighted by Crippen LogP contribution is 2.19. The van der Waals surface area contributed by atoms with Crippen LogP contribution in [-0.2, 0) is 9.59 Å². The van der Waals surface area contributed by atoms with E-state index in [2.05, 4.69) is 10.9 Å². The first kappa shape index (κ1) is 19.9. The number of ether oxygens (including phenoxy) is 1. The van der Waals surface area contributed by atoms with Crippen LogP contribution in [0.2, 0.25) is 0 Å². The molecule has 1 aromatic heterocycles. The summed E-state index contributed by atoms with van der Waals surface area (Å²) >= 11 is 0. The van der Waals surface area contributed by atoms with Crippen molar-refractivity contribution in [3.8, 4) is 11.8 Å². The summed E-state index contributed by atoms with van der Waals surface area (Å²) in [6.07, 6.45) is 2.72. The predicted octanol–water partition coefficient (Wildman–Crippen LogP) is 1.23. The zero-order valence-corrected chi connectivity index (χ0v) is 15.6. The average Bonchev–Trinajstić information content (AvgIpc) is 3.31. The Morgan fingerprint density at radius 3 is 2.69 bits per heavy atom. The minimum Gasteiger partial charge on any atom is -0.484 e. The van der Waals surface area contributed by atoms with Gasteiger partial charge in [0.2, 0.25) is 5.91 Å². The number of hydrazine groups is 1. The van der Waals surface area contributed by atoms with Crippen molar-refractivity contribution in [2.24, 2.45) is 5.92 Å². The van der Waals surface area contributed by atoms with Gasteiger partial charge in [-0.3, -0.25) is 25.2 Å². The van der Waals surface area contributed by atoms with Crippen LogP contribution >= 0.6 is 0 Å². The fourth-order valence-electron chi connectivity index (χ4n) is 2.98. The lowest BCUT2D eigenvalue weighted by molar-refractivity contribution is -0.132. The van der Waals surface area contributed by atoms with E-state index in [4.69, 9.17) is 14.4 Å². The number of carbonyl (C=O) groups excluding carboxylic acids is 3. The second-order valence-corrected chi connectivity index (χ2v) is 6.53. The lowest BCUT2D eigenvalue weighted by Gasteiger charge is -2.31. The number of amides is 3. The number of furan rings is 1. The van der Waals surface area contributed by atoms with Crippen LogP contribution in [-0.4, -0.2) is 42.3 Å². The number of hydrogen-bond acceptors (Lipinski definition) is 6. The van der Waals surface area contributed by atoms with E-state index in [0.717, 1.165) is 0 Å². The molecule has 29 heavy (non-hydrogen) atoms. The number of carbonyl (C=O) groups is 3. The number of likely N-dealkylation sites (tertiary alicyclic amines) is 1. The van der Waals surface area contributed by atoms with Crippen molar-refractivity contribution in [1.29, 1.82) is 5.26 Å². The first-order valence-corrected chi connectivity index (χ1v) is 9.11. The first-order chi connectivity index (χ1) is 14.1. The van der Waals surface area contributed by atoms with Crippen LogP contribution in [0.25, 0.3) is 0 Å². The van der Waals surface area contributed by atoms with Gasteiger partial charge in [-0.25, -0.2) is 0 Å². The Kier molecular flexibility index (Phi) is 6.47. The molecule has 0 aliphatic carbocycles. The number of nitriles is 1. The van der Waals surface area contributed by atoms with Crippen molar-refractivity contribution in [1.82, 2.24) is 15.8 Å². The van der Waals surface area contributed by atoms with Crippen molar-refractivity contribution in [2.45, 2.75) is 12.8 Å². The Morgan fingerprint density at radius 1 is 1.21 bits per heavy atom. The zero-order chi connectivity index (χ0) is 20.6. The number of benzene rings is 1. The molecule has 0 radical (unpaired) electrons. The molecule has 9 heteroatoms. The molecule has 2 N–H and O–H groups in total. The lowest BCUT2D eigenvalue weighted by atomic mass is 9.97. The summed E-state index contributed by atoms with van der Waals surface area (Å²) in [4.78, 5) is 38.1. The molecule has 1 aliphatic rings. The largest absolute Gasteiger partial charge is 0.484 e. The maximum atomic E-state index is 12.4. The van der Waals surface area contributed by atoms with Crippen LogP contribution in [0.5, 0.6) is 5.75 Å². The Hall–Kier alpha value is -3.80. The summed E-state index contributed by atoms with van der Waals surface area (Å²) in [5.74, 6) is -0.908. The number of piperidine rings is 1. The molecular formula is C20H20N4O5. The van der Waals surface area contributed by atoms with E-state index in [1.54, 1.807) is 41.3 Å². The molecule has 2 aromatic rings. The number of hydrogen-bond donors (Lipinski definition) is 2. The fourth-order valence-corrected chi connectivity index (χ4v) is 2.98. The summed E-state index contributed by atoms with van der Waals surface area (Å²) in [6, 6.07) is 11.5. The molecule has 2 heterocycles. The normalized spacial score (nSPS) is 15.8. The highest BCUT2D eigenvalue weighted by molar-refractivity contribution is 5.92. The van der Waals surface area contributed by atoms with E-state index in [0.29, 0.717) is 30.7 Å². The van der Waals surface area contributed by atoms with Crippen LogP contribution in [0.15, 0.2) is 47.1 Å². The standard InChI is InChI=1S/C20H20N4O5/c21-11-14-5-7-16(8-6-14)29-13-18(25)22-23-19(26)15-3-1-9-24(12-15)20(27)17-4-2-10-28-17/h2,4-8,10,15H,1,3,9,12-13H2,(H,22,25)(H,23,26)/t15-/m0/s1. The van der Waals surface area contributed by atoms with E-state index in [1.165, 1.54) is 6.26 Å². The summed E-state index contributed by atoms with van der Waals surface area (Å²) < 4.78 is 10.4. The average molecular weight is 396 g/mol. The molecule has 0 spiro atoms. The van der Waals surface area contributed by atoms with Gasteiger partial charge < -0.3 is 14.1 Å². The monoisotopic (exact) mass is 396 g/mol. The van der Waals surface area contributed by atoms with Gasteiger partial charge in [-0.05, 0) is 49.2 Å². The van der Waals surface area contributed by atoms with E-state index in [1.807, 2.05) is 6.07 Å². The van der Waals surface area contributed by atoms with Gasteiger partial charge in [0.25, 0.3) is 11.8 Å². The SMILES string of the molecule is N#Cc1ccc(OCC(=O)NNC(=O)[C@H]2CCCN(C(=O)c3ccco3)C2)cc1. The van der Waals surface area contributed by atoms with Crippen LogP contribution < -0.4 is 15.6 Å². The third-order valence-electron chi connectivity index (χ3n) is 4.49. The van der Waals surface area contributed by atoms with Crippen molar-refractivity contribution in [2.75, 3.05) is 19.7 Å². The molecule has 0 unspecified atom stereocenters. The molecule has 3 amide bonds. The van der Waals surface area contributed by atoms with Gasteiger partial charge in [-0.15, -0.1) is 0 Å². The second-order valence-electron chi connectivity index (χ2n) is 6.53. The van der Waals surface area contributed by atoms with Gasteiger partial charge in [-0.1, -0.05) is 0 Å². The maximum absolute atomic E-state index is 12.4. The number of nitrogens with one attached hydrogen (secondary N) is 2. The van der Waals surface area contributed by atoms with Crippen LogP contribution in [0.1, 0.15) is 29.0 Å². The number of nitrogens with zero attached hydrogens (tertiary/aromatic N) is 2. The molecular weight excluding hydrogens is 376 g/mol. The predicted molar refractivity (Wildman–Crippen MR) is 100 cm³/mol. The van der Waals surface area contributed by atoms with Crippen LogP contribution in [0.3, 0.4) is 0 Å². The summed E-state index contributed by atoms with van der Waals surface area (Å²) in [5, 5.41) is 8.75. The molecule has 1 saturated heterocycles. The minimum absolute atomic E-state index is 0.235. The molecule has 1 aliphatic heterocycles. The van der Waals surface area contributed by atoms with Gasteiger partial charge in [0.15, 0.2) is 12.4 Å². The van der Waals surface area contributed by atoms with Gasteiger partial charge in [0.1, 0.15) is 5.75 Å². The van der Waals surface area contributed by atoms with Gasteiger partial charge >= 0.3 is 0 Å². The molecule has 150 valence electrons. The third-order valence-corrected chi connectivity index (χ3v) is 4.49. The Labute approximate surface area is 167 Å². The molecule has 1 fully saturated rings. The topological polar surface area (TPSA) is 125 Å². The van der Waals surface area contributed by atoms with Crippen LogP contribution in [0, 0.1) is 17.2 Å². The van der Waals surface area contributed by atoms with Crippen molar-refractivity contribution in [3.63, 3.8) is 0 Å². The highest BCUT2D eigenvalue weighted by atomic mass is 16.5. The first-order valence-electron chi connectivity index (χ1n) is 9.11. The Bertz CT molecular complexity index is 902. The maximum Gasteiger partial charge on any atom is 0.289 e. The van der Waals surface area contributed by atoms with E-state index < -0.39 is 11.8 Å². The smallest absolute Gasteiger partial charge is 0.289 e. The Morgan fingerprint density at radius 2 is 2.00 bits per heavy atom. The van der Waals surface area contributed by atoms with Crippen molar-refractivity contribution >= 4 is 17.7 Å². The highest BCUT2D eigenvalue weighted by Gasteiger charge is 2.30. The molecule has 0 bridgehead atoms. The summed E-state index contributed by atoms with van der Waals surface area (Å²) in [6.45, 7) is 0.511. The lowest BCUT2D eigenvalue weighted by Crippen LogP contribution is -2.50. The summed E-state index contributed by atoms with van der Waals surface area (Å²) in [5.41, 5.74) is 5.17. The van der Waals surface area contributed by atoms with Gasteiger partial charge in [-0.2, -0.15) is 5.26 Å². The quantitative estimate of drug-likeness (QED) is 0.733. The minimum atomic E-state index is -0.526. The van der Waals surface area contributed by atoms with Crippen molar-refractivity contribution in [3.05, 3.63) is 54.0 Å². The van der Waals surface area contributed by atoms with Crippen LogP contribution in [0.4, 0.5) is 0 Å². The third kappa shape index (κ3) is 5.35. The molecule has 1 aromatic carbocycles. The molecule has 9 nitrogen and oxygen atoms in total. The fraction of sp³-hybridized carbons (Fsp3) is 0.300. The summed E-state index contributed by atoms with van der Waals surface area (Å²) in [7, 11) is 0. The van der Waals surface area contributed by atoms with E-state index in [9.17, 15) is 14.4 Å². The Balaban J connectivity index is 1.42. The van der Waals surface area contributed by atoms with Gasteiger partial charge in [0, 0.05) is 13.1 Å². The second kappa shape index (κ2) is 9.41. The molecule has 1 atom stereocenters. The van der Waals surface area contributed by atoms with E-state index >= 15 is 0 Å². The molecule has 3 rings (SSSR count). The van der Waals surface area contributed by atoms with Gasteiger partial charge in [0.05, 0.1) is 23.8 Å². The number of rotatable bonds is 5. The molecule has 0 saturated carbocycles. The van der Waals surface area contributed by atoms with Crippen molar-refractivity contribution < 1.29 is 23.5 Å². The zero-order valence-electron chi connectivity index (χ0n) is 15.6.